The summed E-state index contributed by atoms with van der Waals surface area (Å²) in [6, 6.07) is 14.5. The number of ether oxygens (including phenoxy) is 2. The molecular formula is C22H23N3O4S. The molecule has 30 heavy (non-hydrogen) atoms. The van der Waals surface area contributed by atoms with E-state index in [1.165, 1.54) is 18.4 Å². The normalized spacial score (nSPS) is 10.4. The van der Waals surface area contributed by atoms with Crippen molar-refractivity contribution in [2.75, 3.05) is 26.1 Å². The molecule has 2 aromatic carbocycles. The Hall–Kier alpha value is -3.39. The molecule has 0 aliphatic rings. The van der Waals surface area contributed by atoms with Crippen LogP contribution in [0.15, 0.2) is 48.5 Å². The average molecular weight is 426 g/mol. The highest BCUT2D eigenvalue weighted by atomic mass is 32.1. The second-order valence-electron chi connectivity index (χ2n) is 6.41. The van der Waals surface area contributed by atoms with Crippen LogP contribution in [0.3, 0.4) is 0 Å². The van der Waals surface area contributed by atoms with Gasteiger partial charge in [0, 0.05) is 23.4 Å². The summed E-state index contributed by atoms with van der Waals surface area (Å²) in [6.45, 7) is 2.17. The van der Waals surface area contributed by atoms with Gasteiger partial charge >= 0.3 is 0 Å². The van der Waals surface area contributed by atoms with Crippen molar-refractivity contribution in [3.8, 4) is 22.8 Å². The summed E-state index contributed by atoms with van der Waals surface area (Å²) in [4.78, 5) is 30.1. The Morgan fingerprint density at radius 1 is 1.03 bits per heavy atom. The fourth-order valence-corrected chi connectivity index (χ4v) is 3.72. The lowest BCUT2D eigenvalue weighted by Gasteiger charge is -2.08. The number of anilines is 1. The zero-order valence-electron chi connectivity index (χ0n) is 17.0. The number of nitrogens with one attached hydrogen (secondary N) is 2. The van der Waals surface area contributed by atoms with Crippen LogP contribution in [0, 0.1) is 6.92 Å². The molecule has 0 aliphatic carbocycles. The van der Waals surface area contributed by atoms with Gasteiger partial charge < -0.3 is 20.1 Å². The summed E-state index contributed by atoms with van der Waals surface area (Å²) < 4.78 is 10.4. The molecule has 0 atom stereocenters. The molecule has 2 amide bonds. The lowest BCUT2D eigenvalue weighted by molar-refractivity contribution is -0.116. The van der Waals surface area contributed by atoms with Crippen LogP contribution in [-0.2, 0) is 4.79 Å². The van der Waals surface area contributed by atoms with Crippen molar-refractivity contribution >= 4 is 28.3 Å². The number of methoxy groups -OCH3 is 2. The largest absolute Gasteiger partial charge is 0.497 e. The van der Waals surface area contributed by atoms with E-state index in [0.29, 0.717) is 16.4 Å². The second-order valence-corrected chi connectivity index (χ2v) is 7.61. The molecule has 1 heterocycles. The Morgan fingerprint density at radius 2 is 1.77 bits per heavy atom. The third-order valence-electron chi connectivity index (χ3n) is 4.40. The second kappa shape index (κ2) is 9.89. The molecule has 0 bridgehead atoms. The van der Waals surface area contributed by atoms with Crippen LogP contribution in [0.1, 0.15) is 21.7 Å². The van der Waals surface area contributed by atoms with Gasteiger partial charge in [-0.05, 0) is 43.3 Å². The molecule has 156 valence electrons. The van der Waals surface area contributed by atoms with Crippen molar-refractivity contribution < 1.29 is 19.1 Å². The molecule has 0 unspecified atom stereocenters. The van der Waals surface area contributed by atoms with Crippen molar-refractivity contribution in [2.45, 2.75) is 13.3 Å². The fraction of sp³-hybridized carbons (Fsp3) is 0.227. The first-order chi connectivity index (χ1) is 14.5. The number of hydrogen-bond donors (Lipinski definition) is 2. The molecule has 8 heteroatoms. The Morgan fingerprint density at radius 3 is 2.47 bits per heavy atom. The highest BCUT2D eigenvalue weighted by Gasteiger charge is 2.14. The Bertz CT molecular complexity index is 1030. The SMILES string of the molecule is COc1ccc(-c2nc(NC(=O)CCNC(=O)c3ccccc3OC)sc2C)cc1. The quantitative estimate of drug-likeness (QED) is 0.571. The monoisotopic (exact) mass is 425 g/mol. The number of rotatable bonds is 8. The van der Waals surface area contributed by atoms with E-state index in [4.69, 9.17) is 9.47 Å². The van der Waals surface area contributed by atoms with Crippen LogP contribution in [0.25, 0.3) is 11.3 Å². The summed E-state index contributed by atoms with van der Waals surface area (Å²) in [5.74, 6) is 0.761. The molecule has 0 fully saturated rings. The van der Waals surface area contributed by atoms with Gasteiger partial charge in [0.15, 0.2) is 5.13 Å². The number of hydrogen-bond acceptors (Lipinski definition) is 6. The maximum atomic E-state index is 12.3. The maximum absolute atomic E-state index is 12.3. The number of benzene rings is 2. The zero-order valence-corrected chi connectivity index (χ0v) is 17.8. The molecule has 0 radical (unpaired) electrons. The molecule has 3 aromatic rings. The first-order valence-corrected chi connectivity index (χ1v) is 10.2. The van der Waals surface area contributed by atoms with Gasteiger partial charge in [-0.1, -0.05) is 12.1 Å². The number of para-hydroxylation sites is 1. The third kappa shape index (κ3) is 5.15. The molecule has 0 saturated carbocycles. The first-order valence-electron chi connectivity index (χ1n) is 9.34. The van der Waals surface area contributed by atoms with Crippen LogP contribution in [0.2, 0.25) is 0 Å². The van der Waals surface area contributed by atoms with E-state index >= 15 is 0 Å². The Balaban J connectivity index is 1.54. The van der Waals surface area contributed by atoms with Gasteiger partial charge in [-0.25, -0.2) is 4.98 Å². The number of aryl methyl sites for hydroxylation is 1. The van der Waals surface area contributed by atoms with Gasteiger partial charge in [0.2, 0.25) is 5.91 Å². The summed E-state index contributed by atoms with van der Waals surface area (Å²) in [6.07, 6.45) is 0.136. The zero-order chi connectivity index (χ0) is 21.5. The number of carbonyl (C=O) groups is 2. The van der Waals surface area contributed by atoms with Gasteiger partial charge in [-0.15, -0.1) is 11.3 Å². The number of carbonyl (C=O) groups excluding carboxylic acids is 2. The predicted molar refractivity (Wildman–Crippen MR) is 117 cm³/mol. The molecule has 1 aromatic heterocycles. The van der Waals surface area contributed by atoms with Crippen LogP contribution < -0.4 is 20.1 Å². The summed E-state index contributed by atoms with van der Waals surface area (Å²) >= 11 is 1.41. The van der Waals surface area contributed by atoms with Crippen molar-refractivity contribution in [1.82, 2.24) is 10.3 Å². The van der Waals surface area contributed by atoms with Gasteiger partial charge in [0.05, 0.1) is 25.5 Å². The maximum Gasteiger partial charge on any atom is 0.255 e. The van der Waals surface area contributed by atoms with Crippen LogP contribution in [0.5, 0.6) is 11.5 Å². The molecule has 0 saturated heterocycles. The van der Waals surface area contributed by atoms with Gasteiger partial charge in [-0.3, -0.25) is 9.59 Å². The van der Waals surface area contributed by atoms with Crippen molar-refractivity contribution in [2.24, 2.45) is 0 Å². The van der Waals surface area contributed by atoms with E-state index in [0.717, 1.165) is 21.9 Å². The highest BCUT2D eigenvalue weighted by Crippen LogP contribution is 2.31. The lowest BCUT2D eigenvalue weighted by Crippen LogP contribution is -2.28. The summed E-state index contributed by atoms with van der Waals surface area (Å²) in [7, 11) is 3.13. The molecular weight excluding hydrogens is 402 g/mol. The number of nitrogens with zero attached hydrogens (tertiary/aromatic N) is 1. The topological polar surface area (TPSA) is 89.5 Å². The Labute approximate surface area is 179 Å². The van der Waals surface area contributed by atoms with E-state index in [2.05, 4.69) is 15.6 Å². The Kier molecular flexibility index (Phi) is 7.03. The lowest BCUT2D eigenvalue weighted by atomic mass is 10.1. The molecule has 7 nitrogen and oxygen atoms in total. The predicted octanol–water partition coefficient (Wildman–Crippen LogP) is 3.89. The first kappa shape index (κ1) is 21.3. The summed E-state index contributed by atoms with van der Waals surface area (Å²) in [5.41, 5.74) is 2.21. The average Bonchev–Trinajstić information content (AvgIpc) is 3.13. The van der Waals surface area contributed by atoms with E-state index in [-0.39, 0.29) is 24.8 Å². The minimum atomic E-state index is -0.285. The molecule has 2 N–H and O–H groups in total. The third-order valence-corrected chi connectivity index (χ3v) is 5.28. The van der Waals surface area contributed by atoms with Crippen molar-refractivity contribution in [1.29, 1.82) is 0 Å². The van der Waals surface area contributed by atoms with Gasteiger partial charge in [0.1, 0.15) is 11.5 Å². The number of thiazole rings is 1. The molecule has 0 spiro atoms. The van der Waals surface area contributed by atoms with Crippen molar-refractivity contribution in [3.05, 3.63) is 59.0 Å². The minimum Gasteiger partial charge on any atom is -0.497 e. The fourth-order valence-electron chi connectivity index (χ4n) is 2.87. The number of amides is 2. The smallest absolute Gasteiger partial charge is 0.255 e. The minimum absolute atomic E-state index is 0.136. The van der Waals surface area contributed by atoms with Crippen LogP contribution in [-0.4, -0.2) is 37.6 Å². The van der Waals surface area contributed by atoms with Crippen LogP contribution in [0.4, 0.5) is 5.13 Å². The van der Waals surface area contributed by atoms with Crippen molar-refractivity contribution in [3.63, 3.8) is 0 Å². The van der Waals surface area contributed by atoms with E-state index in [1.807, 2.05) is 31.2 Å². The van der Waals surface area contributed by atoms with Gasteiger partial charge in [-0.2, -0.15) is 0 Å². The standard InChI is InChI=1S/C22H23N3O4S/c1-14-20(15-8-10-16(28-2)11-9-15)25-22(30-14)24-19(26)12-13-23-21(27)17-6-4-5-7-18(17)29-3/h4-11H,12-13H2,1-3H3,(H,23,27)(H,24,25,26). The highest BCUT2D eigenvalue weighted by molar-refractivity contribution is 7.16. The van der Waals surface area contributed by atoms with Gasteiger partial charge in [0.25, 0.3) is 5.91 Å². The summed E-state index contributed by atoms with van der Waals surface area (Å²) in [5, 5.41) is 6.06. The van der Waals surface area contributed by atoms with E-state index in [9.17, 15) is 9.59 Å². The van der Waals surface area contributed by atoms with Crippen LogP contribution >= 0.6 is 11.3 Å². The number of aromatic nitrogens is 1. The van der Waals surface area contributed by atoms with E-state index < -0.39 is 0 Å². The molecule has 0 aliphatic heterocycles. The molecule has 3 rings (SSSR count). The van der Waals surface area contributed by atoms with E-state index in [1.54, 1.807) is 31.4 Å².